The van der Waals surface area contributed by atoms with Gasteiger partial charge in [0.1, 0.15) is 0 Å². The van der Waals surface area contributed by atoms with Crippen molar-refractivity contribution in [3.8, 4) is 0 Å². The van der Waals surface area contributed by atoms with Gasteiger partial charge in [0, 0.05) is 0 Å². The van der Waals surface area contributed by atoms with Crippen LogP contribution >= 0.6 is 0 Å². The van der Waals surface area contributed by atoms with E-state index in [0.29, 0.717) is 0 Å². The first kappa shape index (κ1) is 19.9. The Bertz CT molecular complexity index is 317. The second-order valence-electron chi connectivity index (χ2n) is 5.89. The molecule has 3 heteroatoms. The van der Waals surface area contributed by atoms with E-state index < -0.39 is 0 Å². The van der Waals surface area contributed by atoms with Crippen molar-refractivity contribution in [1.29, 1.82) is 0 Å². The Morgan fingerprint density at radius 1 is 0.650 bits per heavy atom. The topological polar surface area (TPSA) is 9.86 Å². The SMILES string of the molecule is [CH3-].[CH3-].[Pt+2].c1cn(C2CCCCC2)[cH+]n1C1CCCCC1. The summed E-state index contributed by atoms with van der Waals surface area (Å²) >= 11 is 0. The van der Waals surface area contributed by atoms with Gasteiger partial charge in [0.25, 0.3) is 0 Å². The molecule has 1 aromatic heterocycles. The minimum absolute atomic E-state index is 0. The van der Waals surface area contributed by atoms with E-state index in [1.54, 1.807) is 0 Å². The maximum Gasteiger partial charge on any atom is 2.00 e. The van der Waals surface area contributed by atoms with E-state index in [-0.39, 0.29) is 35.9 Å². The molecular formula is C17H31N2Pt+. The van der Waals surface area contributed by atoms with Gasteiger partial charge in [0.2, 0.25) is 0 Å². The molecule has 0 amide bonds. The van der Waals surface area contributed by atoms with Gasteiger partial charge >= 0.3 is 21.1 Å². The zero-order valence-electron chi connectivity index (χ0n) is 13.2. The third kappa shape index (κ3) is 4.72. The van der Waals surface area contributed by atoms with E-state index in [4.69, 9.17) is 0 Å². The van der Waals surface area contributed by atoms with Crippen LogP contribution in [0.1, 0.15) is 76.3 Å². The second kappa shape index (κ2) is 9.77. The van der Waals surface area contributed by atoms with Crippen LogP contribution in [-0.2, 0) is 21.1 Å². The van der Waals surface area contributed by atoms with Crippen molar-refractivity contribution in [3.63, 3.8) is 0 Å². The molecule has 3 rings (SSSR count). The van der Waals surface area contributed by atoms with Crippen LogP contribution in [0.25, 0.3) is 0 Å². The van der Waals surface area contributed by atoms with Gasteiger partial charge in [-0.2, -0.15) is 0 Å². The average Bonchev–Trinajstić information content (AvgIpc) is 2.90. The van der Waals surface area contributed by atoms with Crippen molar-refractivity contribution in [1.82, 2.24) is 9.13 Å². The summed E-state index contributed by atoms with van der Waals surface area (Å²) in [6.07, 6.45) is 21.1. The summed E-state index contributed by atoms with van der Waals surface area (Å²) in [4.78, 5) is 0. The van der Waals surface area contributed by atoms with Gasteiger partial charge in [0.15, 0.2) is 18.7 Å². The van der Waals surface area contributed by atoms with Crippen LogP contribution in [0.15, 0.2) is 18.7 Å². The first-order valence-electron chi connectivity index (χ1n) is 7.52. The fourth-order valence-corrected chi connectivity index (χ4v) is 3.58. The molecule has 0 N–H and O–H groups in total. The number of nitrogens with zero attached hydrogens (tertiary/aromatic N) is 2. The molecule has 2 aliphatic rings. The molecule has 0 saturated heterocycles. The van der Waals surface area contributed by atoms with Gasteiger partial charge in [-0.25, -0.2) is 9.13 Å². The molecule has 0 aliphatic heterocycles. The van der Waals surface area contributed by atoms with Crippen molar-refractivity contribution in [2.75, 3.05) is 0 Å². The third-order valence-electron chi connectivity index (χ3n) is 4.67. The molecule has 1 heterocycles. The van der Waals surface area contributed by atoms with Crippen LogP contribution in [0, 0.1) is 14.9 Å². The minimum Gasteiger partial charge on any atom is -0.358 e. The summed E-state index contributed by atoms with van der Waals surface area (Å²) in [5.41, 5.74) is 0. The van der Waals surface area contributed by atoms with Crippen molar-refractivity contribution in [2.24, 2.45) is 0 Å². The molecule has 0 bridgehead atoms. The Kier molecular flexibility index (Phi) is 9.72. The fourth-order valence-electron chi connectivity index (χ4n) is 3.58. The van der Waals surface area contributed by atoms with Gasteiger partial charge in [-0.3, -0.25) is 0 Å². The molecule has 1 aromatic rings. The van der Waals surface area contributed by atoms with Gasteiger partial charge in [-0.05, 0) is 25.7 Å². The molecule has 20 heavy (non-hydrogen) atoms. The van der Waals surface area contributed by atoms with Crippen molar-refractivity contribution >= 4 is 0 Å². The van der Waals surface area contributed by atoms with Crippen LogP contribution in [0.3, 0.4) is 0 Å². The van der Waals surface area contributed by atoms with Crippen molar-refractivity contribution in [3.05, 3.63) is 33.6 Å². The molecule has 2 nitrogen and oxygen atoms in total. The summed E-state index contributed by atoms with van der Waals surface area (Å²) in [6, 6.07) is 1.57. The quantitative estimate of drug-likeness (QED) is 0.520. The molecule has 0 radical (unpaired) electrons. The molecule has 0 atom stereocenters. The average molecular weight is 459 g/mol. The number of aromatic nitrogens is 2. The number of rotatable bonds is 2. The predicted octanol–water partition coefficient (Wildman–Crippen LogP) is 5.48. The summed E-state index contributed by atoms with van der Waals surface area (Å²) < 4.78 is 4.96. The second-order valence-corrected chi connectivity index (χ2v) is 5.89. The number of hydrogen-bond acceptors (Lipinski definition) is 0. The van der Waals surface area contributed by atoms with Crippen LogP contribution in [0.5, 0.6) is 0 Å². The van der Waals surface area contributed by atoms with E-state index in [1.165, 1.54) is 64.2 Å². The maximum absolute atomic E-state index is 2.48. The Hall–Kier alpha value is -0.102. The summed E-state index contributed by atoms with van der Waals surface area (Å²) in [5, 5.41) is 0. The van der Waals surface area contributed by atoms with Gasteiger partial charge in [-0.1, -0.05) is 38.5 Å². The summed E-state index contributed by atoms with van der Waals surface area (Å²) in [6.45, 7) is 0. The van der Waals surface area contributed by atoms with Crippen LogP contribution in [0.4, 0.5) is 0 Å². The fraction of sp³-hybridized carbons (Fsp3) is 0.706. The van der Waals surface area contributed by atoms with E-state index >= 15 is 0 Å². The molecule has 118 valence electrons. The largest absolute Gasteiger partial charge is 2.00 e. The Morgan fingerprint density at radius 2 is 1.00 bits per heavy atom. The van der Waals surface area contributed by atoms with E-state index in [2.05, 4.69) is 27.9 Å². The van der Waals surface area contributed by atoms with Gasteiger partial charge in [0.05, 0.1) is 12.1 Å². The standard InChI is InChI=1S/C15H25N2.2CH3.Pt/c1-3-7-14(8-4-1)16-11-12-17(13-16)15-9-5-2-6-10-15;;;/h11-15H,1-10H2;2*1H3;/q+1;2*-1;+2. The zero-order valence-corrected chi connectivity index (χ0v) is 15.4. The summed E-state index contributed by atoms with van der Waals surface area (Å²) in [7, 11) is 0. The number of hydrogen-bond donors (Lipinski definition) is 0. The van der Waals surface area contributed by atoms with Crippen LogP contribution < -0.4 is 0 Å². The smallest absolute Gasteiger partial charge is 0.358 e. The van der Waals surface area contributed by atoms with Crippen molar-refractivity contribution < 1.29 is 21.1 Å². The van der Waals surface area contributed by atoms with Crippen LogP contribution in [0.2, 0.25) is 0 Å². The molecule has 2 fully saturated rings. The number of imidazole rings is 1. The third-order valence-corrected chi connectivity index (χ3v) is 4.67. The molecule has 0 unspecified atom stereocenters. The van der Waals surface area contributed by atoms with E-state index in [1.807, 2.05) is 0 Å². The Balaban J connectivity index is 0.00000120. The monoisotopic (exact) mass is 458 g/mol. The molecule has 2 aliphatic carbocycles. The zero-order chi connectivity index (χ0) is 11.5. The predicted molar refractivity (Wildman–Crippen MR) is 83.9 cm³/mol. The van der Waals surface area contributed by atoms with Crippen LogP contribution in [-0.4, -0.2) is 9.13 Å². The minimum atomic E-state index is 0. The van der Waals surface area contributed by atoms with E-state index in [9.17, 15) is 0 Å². The molecule has 0 spiro atoms. The Morgan fingerprint density at radius 3 is 1.35 bits per heavy atom. The first-order chi connectivity index (χ1) is 8.43. The Labute approximate surface area is 140 Å². The van der Waals surface area contributed by atoms with Gasteiger partial charge < -0.3 is 14.9 Å². The molecule has 0 aromatic carbocycles. The summed E-state index contributed by atoms with van der Waals surface area (Å²) in [5.74, 6) is 0. The van der Waals surface area contributed by atoms with Crippen molar-refractivity contribution in [2.45, 2.75) is 76.3 Å². The molecule has 2 saturated carbocycles. The normalized spacial score (nSPS) is 20.4. The van der Waals surface area contributed by atoms with E-state index in [0.717, 1.165) is 12.1 Å². The van der Waals surface area contributed by atoms with Gasteiger partial charge in [-0.15, -0.1) is 0 Å². The maximum atomic E-state index is 2.48. The molecular weight excluding hydrogens is 427 g/mol. The first-order valence-corrected chi connectivity index (χ1v) is 7.52.